The first-order valence-electron chi connectivity index (χ1n) is 6.30. The largest absolute Gasteiger partial charge is 0.294 e. The van der Waals surface area contributed by atoms with E-state index in [1.807, 2.05) is 42.1 Å². The van der Waals surface area contributed by atoms with Crippen LogP contribution in [-0.4, -0.2) is 15.6 Å². The molecule has 0 N–H and O–H groups in total. The van der Waals surface area contributed by atoms with Gasteiger partial charge >= 0.3 is 0 Å². The van der Waals surface area contributed by atoms with Crippen LogP contribution in [0.25, 0.3) is 0 Å². The molecule has 0 saturated heterocycles. The van der Waals surface area contributed by atoms with Crippen molar-refractivity contribution in [2.75, 3.05) is 0 Å². The van der Waals surface area contributed by atoms with Gasteiger partial charge in [0, 0.05) is 22.3 Å². The van der Waals surface area contributed by atoms with Crippen molar-refractivity contribution in [1.82, 2.24) is 9.78 Å². The number of carbonyl (C=O) groups is 1. The summed E-state index contributed by atoms with van der Waals surface area (Å²) < 4.78 is 2.89. The van der Waals surface area contributed by atoms with Gasteiger partial charge < -0.3 is 0 Å². The van der Waals surface area contributed by atoms with Crippen LogP contribution in [0.15, 0.2) is 34.9 Å². The molecule has 0 aliphatic carbocycles. The third kappa shape index (κ3) is 3.32. The van der Waals surface area contributed by atoms with Crippen molar-refractivity contribution in [3.8, 4) is 0 Å². The molecule has 2 aromatic rings. The third-order valence-electron chi connectivity index (χ3n) is 3.01. The lowest BCUT2D eigenvalue weighted by Gasteiger charge is -2.04. The van der Waals surface area contributed by atoms with Crippen LogP contribution in [0.4, 0.5) is 0 Å². The first kappa shape index (κ1) is 14.0. The van der Waals surface area contributed by atoms with Crippen molar-refractivity contribution < 1.29 is 4.79 Å². The fourth-order valence-electron chi connectivity index (χ4n) is 1.84. The molecule has 100 valence electrons. The number of benzene rings is 1. The fraction of sp³-hybridized carbons (Fsp3) is 0.333. The summed E-state index contributed by atoms with van der Waals surface area (Å²) in [6.07, 6.45) is 2.26. The van der Waals surface area contributed by atoms with Gasteiger partial charge in [-0.05, 0) is 44.5 Å². The average Bonchev–Trinajstić information content (AvgIpc) is 2.81. The minimum absolute atomic E-state index is 0.101. The predicted octanol–water partition coefficient (Wildman–Crippen LogP) is 3.96. The highest BCUT2D eigenvalue weighted by molar-refractivity contribution is 9.10. The van der Waals surface area contributed by atoms with Gasteiger partial charge in [0.15, 0.2) is 5.78 Å². The Balaban J connectivity index is 2.13. The van der Waals surface area contributed by atoms with Gasteiger partial charge in [0.2, 0.25) is 0 Å². The molecule has 0 aliphatic heterocycles. The van der Waals surface area contributed by atoms with E-state index in [-0.39, 0.29) is 5.78 Å². The third-order valence-corrected chi connectivity index (χ3v) is 3.90. The van der Waals surface area contributed by atoms with Crippen LogP contribution in [0.5, 0.6) is 0 Å². The minimum Gasteiger partial charge on any atom is -0.294 e. The molecule has 0 amide bonds. The van der Waals surface area contributed by atoms with Crippen molar-refractivity contribution in [3.63, 3.8) is 0 Å². The number of hydrogen-bond donors (Lipinski definition) is 0. The molecule has 0 saturated carbocycles. The first-order valence-corrected chi connectivity index (χ1v) is 7.10. The van der Waals surface area contributed by atoms with E-state index in [1.54, 1.807) is 0 Å². The van der Waals surface area contributed by atoms with Gasteiger partial charge in [-0.15, -0.1) is 0 Å². The Morgan fingerprint density at radius 2 is 2.11 bits per heavy atom. The molecule has 0 aliphatic rings. The molecule has 19 heavy (non-hydrogen) atoms. The summed E-state index contributed by atoms with van der Waals surface area (Å²) in [5.41, 5.74) is 2.62. The van der Waals surface area contributed by atoms with Crippen LogP contribution in [0.3, 0.4) is 0 Å². The smallest absolute Gasteiger partial charge is 0.168 e. The zero-order valence-electron chi connectivity index (χ0n) is 11.4. The summed E-state index contributed by atoms with van der Waals surface area (Å²) in [4.78, 5) is 12.2. The molecule has 1 aromatic heterocycles. The number of nitrogens with zero attached hydrogens (tertiary/aromatic N) is 2. The van der Waals surface area contributed by atoms with E-state index in [0.717, 1.165) is 21.3 Å². The van der Waals surface area contributed by atoms with Crippen molar-refractivity contribution >= 4 is 21.7 Å². The maximum atomic E-state index is 12.2. The minimum atomic E-state index is 0.101. The Hall–Kier alpha value is -1.42. The quantitative estimate of drug-likeness (QED) is 0.799. The average molecular weight is 321 g/mol. The second-order valence-corrected chi connectivity index (χ2v) is 5.80. The van der Waals surface area contributed by atoms with E-state index in [2.05, 4.69) is 34.9 Å². The van der Waals surface area contributed by atoms with Crippen molar-refractivity contribution in [2.24, 2.45) is 0 Å². The Morgan fingerprint density at radius 1 is 1.37 bits per heavy atom. The highest BCUT2D eigenvalue weighted by atomic mass is 79.9. The van der Waals surface area contributed by atoms with Crippen molar-refractivity contribution in [3.05, 3.63) is 51.8 Å². The topological polar surface area (TPSA) is 34.9 Å². The van der Waals surface area contributed by atoms with Gasteiger partial charge in [0.05, 0.1) is 12.1 Å². The van der Waals surface area contributed by atoms with E-state index in [4.69, 9.17) is 0 Å². The van der Waals surface area contributed by atoms with Crippen LogP contribution < -0.4 is 0 Å². The summed E-state index contributed by atoms with van der Waals surface area (Å²) in [5.74, 6) is 0.101. The van der Waals surface area contributed by atoms with Crippen LogP contribution in [0, 0.1) is 6.92 Å². The Bertz CT molecular complexity index is 602. The summed E-state index contributed by atoms with van der Waals surface area (Å²) in [7, 11) is 0. The number of aryl methyl sites for hydroxylation is 1. The monoisotopic (exact) mass is 320 g/mol. The van der Waals surface area contributed by atoms with E-state index in [9.17, 15) is 4.79 Å². The molecule has 0 spiro atoms. The number of ketones is 1. The van der Waals surface area contributed by atoms with E-state index >= 15 is 0 Å². The number of aromatic nitrogens is 2. The van der Waals surface area contributed by atoms with Crippen LogP contribution >= 0.6 is 15.9 Å². The standard InChI is InChI=1S/C15H17BrN2O/c1-10(2)18-7-6-13(17-18)9-15(19)12-4-5-14(16)11(3)8-12/h4-8,10H,9H2,1-3H3. The van der Waals surface area contributed by atoms with E-state index < -0.39 is 0 Å². The van der Waals surface area contributed by atoms with Crippen molar-refractivity contribution in [1.29, 1.82) is 0 Å². The normalized spacial score (nSPS) is 11.0. The maximum absolute atomic E-state index is 12.2. The number of hydrogen-bond acceptors (Lipinski definition) is 2. The lowest BCUT2D eigenvalue weighted by molar-refractivity contribution is 0.0991. The molecular formula is C15H17BrN2O. The molecule has 0 bridgehead atoms. The second-order valence-electron chi connectivity index (χ2n) is 4.94. The van der Waals surface area contributed by atoms with Gasteiger partial charge in [-0.1, -0.05) is 22.0 Å². The molecule has 0 radical (unpaired) electrons. The molecule has 0 unspecified atom stereocenters. The van der Waals surface area contributed by atoms with Gasteiger partial charge in [-0.25, -0.2) is 0 Å². The second kappa shape index (κ2) is 5.70. The van der Waals surface area contributed by atoms with Crippen molar-refractivity contribution in [2.45, 2.75) is 33.2 Å². The molecular weight excluding hydrogens is 304 g/mol. The molecule has 1 heterocycles. The highest BCUT2D eigenvalue weighted by Gasteiger charge is 2.11. The number of Topliss-reactive ketones (excluding diaryl/α,β-unsaturated/α-hetero) is 1. The zero-order valence-corrected chi connectivity index (χ0v) is 12.9. The molecule has 0 atom stereocenters. The van der Waals surface area contributed by atoms with Crippen LogP contribution in [0.2, 0.25) is 0 Å². The summed E-state index contributed by atoms with van der Waals surface area (Å²) in [6.45, 7) is 6.11. The summed E-state index contributed by atoms with van der Waals surface area (Å²) >= 11 is 3.44. The Labute approximate surface area is 121 Å². The van der Waals surface area contributed by atoms with E-state index in [1.165, 1.54) is 0 Å². The maximum Gasteiger partial charge on any atom is 0.168 e. The lowest BCUT2D eigenvalue weighted by Crippen LogP contribution is -2.06. The Kier molecular flexibility index (Phi) is 4.20. The number of halogens is 1. The number of rotatable bonds is 4. The number of carbonyl (C=O) groups excluding carboxylic acids is 1. The fourth-order valence-corrected chi connectivity index (χ4v) is 2.09. The lowest BCUT2D eigenvalue weighted by atomic mass is 10.0. The van der Waals surface area contributed by atoms with Gasteiger partial charge in [0.25, 0.3) is 0 Å². The van der Waals surface area contributed by atoms with E-state index in [0.29, 0.717) is 12.5 Å². The summed E-state index contributed by atoms with van der Waals surface area (Å²) in [6, 6.07) is 7.89. The summed E-state index contributed by atoms with van der Waals surface area (Å²) in [5, 5.41) is 4.40. The molecule has 1 aromatic carbocycles. The van der Waals surface area contributed by atoms with Gasteiger partial charge in [-0.2, -0.15) is 5.10 Å². The molecule has 0 fully saturated rings. The molecule has 3 nitrogen and oxygen atoms in total. The predicted molar refractivity (Wildman–Crippen MR) is 79.5 cm³/mol. The first-order chi connectivity index (χ1) is 8.97. The Morgan fingerprint density at radius 3 is 2.68 bits per heavy atom. The zero-order chi connectivity index (χ0) is 14.0. The van der Waals surface area contributed by atoms with Gasteiger partial charge in [0.1, 0.15) is 0 Å². The molecule has 4 heteroatoms. The van der Waals surface area contributed by atoms with Crippen LogP contribution in [-0.2, 0) is 6.42 Å². The van der Waals surface area contributed by atoms with Gasteiger partial charge in [-0.3, -0.25) is 9.48 Å². The van der Waals surface area contributed by atoms with Crippen LogP contribution in [0.1, 0.15) is 41.5 Å². The highest BCUT2D eigenvalue weighted by Crippen LogP contribution is 2.18. The molecule has 2 rings (SSSR count). The SMILES string of the molecule is Cc1cc(C(=O)Cc2ccn(C(C)C)n2)ccc1Br.